The molecule has 5 nitrogen and oxygen atoms in total. The number of hydrogen-bond donors (Lipinski definition) is 2. The summed E-state index contributed by atoms with van der Waals surface area (Å²) < 4.78 is 5.00. The van der Waals surface area contributed by atoms with Gasteiger partial charge in [-0.05, 0) is 26.4 Å². The number of nitrogens with zero attached hydrogens (tertiary/aromatic N) is 1. The lowest BCUT2D eigenvalue weighted by Gasteiger charge is -2.17. The average Bonchev–Trinajstić information content (AvgIpc) is 2.82. The second-order valence-corrected chi connectivity index (χ2v) is 4.63. The van der Waals surface area contributed by atoms with E-state index in [1.54, 1.807) is 7.11 Å². The molecule has 1 unspecified atom stereocenters. The summed E-state index contributed by atoms with van der Waals surface area (Å²) in [5.74, 6) is 0.370. The van der Waals surface area contributed by atoms with Crippen LogP contribution in [0, 0.1) is 5.92 Å². The van der Waals surface area contributed by atoms with Gasteiger partial charge in [-0.3, -0.25) is 4.79 Å². The number of carbonyl (C=O) groups is 1. The summed E-state index contributed by atoms with van der Waals surface area (Å²) in [6.45, 7) is 5.23. The molecule has 1 heterocycles. The van der Waals surface area contributed by atoms with Crippen molar-refractivity contribution >= 4 is 5.91 Å². The quantitative estimate of drug-likeness (QED) is 0.574. The molecule has 1 atom stereocenters. The largest absolute Gasteiger partial charge is 0.385 e. The molecule has 1 aliphatic heterocycles. The Morgan fingerprint density at radius 1 is 1.53 bits per heavy atom. The number of methoxy groups -OCH3 is 1. The standard InChI is InChI=1S/C12H25N3O2/c1-15(7-3-9-17-2)8-6-14-12(16)11-4-5-13-10-11/h11,13H,3-10H2,1-2H3,(H,14,16). The summed E-state index contributed by atoms with van der Waals surface area (Å²) >= 11 is 0. The third-order valence-electron chi connectivity index (χ3n) is 3.11. The van der Waals surface area contributed by atoms with Crippen LogP contribution in [0.25, 0.3) is 0 Å². The molecule has 0 aromatic carbocycles. The van der Waals surface area contributed by atoms with Crippen molar-refractivity contribution in [3.63, 3.8) is 0 Å². The molecule has 2 N–H and O–H groups in total. The zero-order chi connectivity index (χ0) is 12.5. The van der Waals surface area contributed by atoms with E-state index in [4.69, 9.17) is 4.74 Å². The topological polar surface area (TPSA) is 53.6 Å². The lowest BCUT2D eigenvalue weighted by Crippen LogP contribution is -2.37. The maximum absolute atomic E-state index is 11.7. The maximum Gasteiger partial charge on any atom is 0.224 e. The lowest BCUT2D eigenvalue weighted by molar-refractivity contribution is -0.124. The van der Waals surface area contributed by atoms with Gasteiger partial charge in [0.2, 0.25) is 5.91 Å². The highest BCUT2D eigenvalue weighted by atomic mass is 16.5. The van der Waals surface area contributed by atoms with Gasteiger partial charge < -0.3 is 20.3 Å². The van der Waals surface area contributed by atoms with E-state index in [9.17, 15) is 4.79 Å². The van der Waals surface area contributed by atoms with Crippen LogP contribution in [0.1, 0.15) is 12.8 Å². The molecule has 0 aromatic heterocycles. The van der Waals surface area contributed by atoms with Gasteiger partial charge in [-0.2, -0.15) is 0 Å². The highest BCUT2D eigenvalue weighted by Gasteiger charge is 2.21. The summed E-state index contributed by atoms with van der Waals surface area (Å²) in [6, 6.07) is 0. The Morgan fingerprint density at radius 3 is 3.00 bits per heavy atom. The molecule has 0 bridgehead atoms. The average molecular weight is 243 g/mol. The summed E-state index contributed by atoms with van der Waals surface area (Å²) in [4.78, 5) is 13.9. The van der Waals surface area contributed by atoms with Crippen LogP contribution in [0.3, 0.4) is 0 Å². The van der Waals surface area contributed by atoms with Gasteiger partial charge in [-0.1, -0.05) is 0 Å². The van der Waals surface area contributed by atoms with E-state index < -0.39 is 0 Å². The van der Waals surface area contributed by atoms with E-state index in [0.717, 1.165) is 52.2 Å². The summed E-state index contributed by atoms with van der Waals surface area (Å²) in [5, 5.41) is 6.20. The first-order valence-electron chi connectivity index (χ1n) is 6.40. The summed E-state index contributed by atoms with van der Waals surface area (Å²) in [6.07, 6.45) is 2.00. The zero-order valence-electron chi connectivity index (χ0n) is 11.0. The van der Waals surface area contributed by atoms with Gasteiger partial charge >= 0.3 is 0 Å². The van der Waals surface area contributed by atoms with E-state index in [-0.39, 0.29) is 11.8 Å². The number of likely N-dealkylation sites (N-methyl/N-ethyl adjacent to an activating group) is 1. The van der Waals surface area contributed by atoms with Crippen LogP contribution < -0.4 is 10.6 Å². The van der Waals surface area contributed by atoms with E-state index in [1.165, 1.54) is 0 Å². The molecule has 1 amide bonds. The van der Waals surface area contributed by atoms with Gasteiger partial charge in [0.05, 0.1) is 5.92 Å². The van der Waals surface area contributed by atoms with Gasteiger partial charge in [0.1, 0.15) is 0 Å². The van der Waals surface area contributed by atoms with Crippen LogP contribution in [-0.4, -0.2) is 64.3 Å². The molecule has 5 heteroatoms. The van der Waals surface area contributed by atoms with Gasteiger partial charge in [-0.15, -0.1) is 0 Å². The lowest BCUT2D eigenvalue weighted by atomic mass is 10.1. The SMILES string of the molecule is COCCCN(C)CCNC(=O)C1CCNC1. The van der Waals surface area contributed by atoms with Crippen LogP contribution in [0.2, 0.25) is 0 Å². The second-order valence-electron chi connectivity index (χ2n) is 4.63. The Hall–Kier alpha value is -0.650. The number of carbonyl (C=O) groups excluding carboxylic acids is 1. The number of ether oxygens (including phenoxy) is 1. The van der Waals surface area contributed by atoms with Crippen molar-refractivity contribution in [2.24, 2.45) is 5.92 Å². The van der Waals surface area contributed by atoms with E-state index >= 15 is 0 Å². The smallest absolute Gasteiger partial charge is 0.224 e. The van der Waals surface area contributed by atoms with Crippen molar-refractivity contribution in [3.8, 4) is 0 Å². The first-order valence-corrected chi connectivity index (χ1v) is 6.40. The molecule has 0 radical (unpaired) electrons. The Labute approximate surface area is 104 Å². The summed E-state index contributed by atoms with van der Waals surface area (Å²) in [7, 11) is 3.79. The van der Waals surface area contributed by atoms with Gasteiger partial charge in [0, 0.05) is 39.9 Å². The first kappa shape index (κ1) is 14.4. The minimum Gasteiger partial charge on any atom is -0.385 e. The number of nitrogens with one attached hydrogen (secondary N) is 2. The predicted octanol–water partition coefficient (Wildman–Crippen LogP) is -0.320. The molecule has 100 valence electrons. The molecule has 0 aromatic rings. The van der Waals surface area contributed by atoms with Crippen LogP contribution in [0.15, 0.2) is 0 Å². The van der Waals surface area contributed by atoms with Crippen LogP contribution in [-0.2, 0) is 9.53 Å². The Morgan fingerprint density at radius 2 is 2.35 bits per heavy atom. The molecule has 1 fully saturated rings. The molecule has 0 aliphatic carbocycles. The molecule has 1 aliphatic rings. The third kappa shape index (κ3) is 6.00. The predicted molar refractivity (Wildman–Crippen MR) is 68.0 cm³/mol. The Bertz CT molecular complexity index is 218. The number of hydrogen-bond acceptors (Lipinski definition) is 4. The zero-order valence-corrected chi connectivity index (χ0v) is 11.0. The molecule has 1 rings (SSSR count). The minimum absolute atomic E-state index is 0.175. The fourth-order valence-electron chi connectivity index (χ4n) is 1.98. The fourth-order valence-corrected chi connectivity index (χ4v) is 1.98. The van der Waals surface area contributed by atoms with E-state index in [0.29, 0.717) is 0 Å². The van der Waals surface area contributed by atoms with E-state index in [2.05, 4.69) is 22.6 Å². The van der Waals surface area contributed by atoms with Crippen LogP contribution in [0.4, 0.5) is 0 Å². The molecule has 1 saturated heterocycles. The normalized spacial score (nSPS) is 19.8. The first-order chi connectivity index (χ1) is 8.24. The molecular formula is C12H25N3O2. The van der Waals surface area contributed by atoms with Crippen molar-refractivity contribution in [3.05, 3.63) is 0 Å². The highest BCUT2D eigenvalue weighted by molar-refractivity contribution is 5.79. The Kier molecular flexibility index (Phi) is 7.16. The highest BCUT2D eigenvalue weighted by Crippen LogP contribution is 2.06. The van der Waals surface area contributed by atoms with Crippen molar-refractivity contribution in [2.45, 2.75) is 12.8 Å². The van der Waals surface area contributed by atoms with Crippen molar-refractivity contribution in [2.75, 3.05) is 53.5 Å². The molecule has 0 spiro atoms. The number of amides is 1. The molecule has 0 saturated carbocycles. The number of rotatable bonds is 8. The van der Waals surface area contributed by atoms with Crippen molar-refractivity contribution in [1.29, 1.82) is 0 Å². The van der Waals surface area contributed by atoms with E-state index in [1.807, 2.05) is 0 Å². The minimum atomic E-state index is 0.175. The molecule has 17 heavy (non-hydrogen) atoms. The van der Waals surface area contributed by atoms with Gasteiger partial charge in [0.25, 0.3) is 0 Å². The third-order valence-corrected chi connectivity index (χ3v) is 3.11. The van der Waals surface area contributed by atoms with Crippen molar-refractivity contribution < 1.29 is 9.53 Å². The summed E-state index contributed by atoms with van der Waals surface area (Å²) in [5.41, 5.74) is 0. The van der Waals surface area contributed by atoms with Crippen LogP contribution >= 0.6 is 0 Å². The Balaban J connectivity index is 2.00. The monoisotopic (exact) mass is 243 g/mol. The molecular weight excluding hydrogens is 218 g/mol. The fraction of sp³-hybridized carbons (Fsp3) is 0.917. The second kappa shape index (κ2) is 8.44. The van der Waals surface area contributed by atoms with Crippen LogP contribution in [0.5, 0.6) is 0 Å². The van der Waals surface area contributed by atoms with Gasteiger partial charge in [-0.25, -0.2) is 0 Å². The van der Waals surface area contributed by atoms with Gasteiger partial charge in [0.15, 0.2) is 0 Å². The van der Waals surface area contributed by atoms with Crippen molar-refractivity contribution in [1.82, 2.24) is 15.5 Å². The maximum atomic E-state index is 11.7.